The number of amides is 1. The van der Waals surface area contributed by atoms with Gasteiger partial charge in [0.15, 0.2) is 5.76 Å². The fourth-order valence-corrected chi connectivity index (χ4v) is 5.97. The Morgan fingerprint density at radius 3 is 2.54 bits per heavy atom. The summed E-state index contributed by atoms with van der Waals surface area (Å²) in [5, 5.41) is 23.2. The first-order valence-corrected chi connectivity index (χ1v) is 14.7. The van der Waals surface area contributed by atoms with Gasteiger partial charge in [-0.15, -0.1) is 11.3 Å². The number of likely N-dealkylation sites (tertiary alicyclic amines) is 2. The predicted octanol–water partition coefficient (Wildman–Crippen LogP) is 3.79. The number of carboxylic acids is 1. The van der Waals surface area contributed by atoms with Gasteiger partial charge in [-0.25, -0.2) is 9.78 Å². The molecule has 0 radical (unpaired) electrons. The fourth-order valence-electron chi connectivity index (χ4n) is 4.98. The molecule has 5 heterocycles. The maximum absolute atomic E-state index is 12.8. The number of nitrogens with zero attached hydrogens (tertiary/aromatic N) is 5. The Kier molecular flexibility index (Phi) is 8.76. The van der Waals surface area contributed by atoms with Gasteiger partial charge >= 0.3 is 5.97 Å². The van der Waals surface area contributed by atoms with Crippen molar-refractivity contribution in [2.24, 2.45) is 5.73 Å². The van der Waals surface area contributed by atoms with Gasteiger partial charge in [-0.1, -0.05) is 22.8 Å². The fraction of sp³-hybridized carbons (Fsp3) is 0.429. The number of nitrogens with two attached hydrogens (primary N) is 1. The Morgan fingerprint density at radius 2 is 1.93 bits per heavy atom. The number of fused-ring (bicyclic) bond motifs is 1. The first-order chi connectivity index (χ1) is 19.6. The molecule has 1 aromatic carbocycles. The molecule has 6 rings (SSSR count). The molecule has 0 saturated carbocycles. The predicted molar refractivity (Wildman–Crippen MR) is 156 cm³/mol. The van der Waals surface area contributed by atoms with Gasteiger partial charge in [0.1, 0.15) is 11.2 Å². The normalized spacial score (nSPS) is 16.6. The number of imidazole rings is 1. The van der Waals surface area contributed by atoms with Crippen LogP contribution < -0.4 is 5.73 Å². The number of para-hydroxylation sites is 1. The van der Waals surface area contributed by atoms with E-state index in [9.17, 15) is 19.8 Å². The van der Waals surface area contributed by atoms with E-state index in [4.69, 9.17) is 21.9 Å². The van der Waals surface area contributed by atoms with Crippen LogP contribution in [0.5, 0.6) is 0 Å². The molecule has 2 fully saturated rings. The molecule has 0 unspecified atom stereocenters. The summed E-state index contributed by atoms with van der Waals surface area (Å²) in [6.45, 7) is 7.47. The minimum absolute atomic E-state index is 0.0980. The molecule has 2 aliphatic heterocycles. The third kappa shape index (κ3) is 6.47. The van der Waals surface area contributed by atoms with Crippen molar-refractivity contribution < 1.29 is 24.3 Å². The Balaban J connectivity index is 0.000000287. The highest BCUT2D eigenvalue weighted by Gasteiger charge is 2.31. The lowest BCUT2D eigenvalue weighted by molar-refractivity contribution is 0.00601. The van der Waals surface area contributed by atoms with Gasteiger partial charge in [0.05, 0.1) is 32.9 Å². The number of benzene rings is 1. The number of hydrogen-bond donors (Lipinski definition) is 3. The first kappa shape index (κ1) is 29.2. The molecule has 218 valence electrons. The quantitative estimate of drug-likeness (QED) is 0.300. The lowest BCUT2D eigenvalue weighted by Crippen LogP contribution is -2.53. The van der Waals surface area contributed by atoms with Crippen LogP contribution in [0.3, 0.4) is 0 Å². The SMILES string of the molecule is CC(C)N1CCC(N)CC1.O=C(O)c1nc2c(C(=O)N3CC(O)C3)cccc2n1Cc1cc(-c2ccc(Cl)s2)on1. The number of carbonyl (C=O) groups is 2. The lowest BCUT2D eigenvalue weighted by atomic mass is 10.1. The van der Waals surface area contributed by atoms with Gasteiger partial charge in [-0.2, -0.15) is 0 Å². The van der Waals surface area contributed by atoms with Crippen molar-refractivity contribution in [3.8, 4) is 10.6 Å². The summed E-state index contributed by atoms with van der Waals surface area (Å²) in [6.07, 6.45) is 1.82. The average Bonchev–Trinajstić information content (AvgIpc) is 3.66. The highest BCUT2D eigenvalue weighted by molar-refractivity contribution is 7.19. The van der Waals surface area contributed by atoms with E-state index in [-0.39, 0.29) is 31.4 Å². The van der Waals surface area contributed by atoms with Gasteiger partial charge in [-0.05, 0) is 64.0 Å². The second-order valence-corrected chi connectivity index (χ2v) is 12.3. The van der Waals surface area contributed by atoms with Gasteiger partial charge in [-0.3, -0.25) is 4.79 Å². The van der Waals surface area contributed by atoms with E-state index in [0.29, 0.717) is 44.5 Å². The maximum atomic E-state index is 12.8. The van der Waals surface area contributed by atoms with Gasteiger partial charge < -0.3 is 34.8 Å². The van der Waals surface area contributed by atoms with Crippen molar-refractivity contribution in [3.63, 3.8) is 0 Å². The molecular weight excluding hydrogens is 568 g/mol. The van der Waals surface area contributed by atoms with Crippen molar-refractivity contribution in [2.45, 2.75) is 51.4 Å². The van der Waals surface area contributed by atoms with E-state index in [0.717, 1.165) is 4.88 Å². The number of piperidine rings is 1. The topological polar surface area (TPSA) is 151 Å². The Morgan fingerprint density at radius 1 is 1.20 bits per heavy atom. The van der Waals surface area contributed by atoms with Crippen LogP contribution in [-0.2, 0) is 6.54 Å². The second kappa shape index (κ2) is 12.3. The molecular formula is C28H33ClN6O5S. The number of aromatic carboxylic acids is 1. The number of carboxylic acid groups (broad SMARTS) is 1. The number of aliphatic hydroxyl groups is 1. The molecule has 0 spiro atoms. The molecule has 0 atom stereocenters. The van der Waals surface area contributed by atoms with E-state index in [1.807, 2.05) is 6.07 Å². The third-order valence-corrected chi connectivity index (χ3v) is 8.60. The van der Waals surface area contributed by atoms with Gasteiger partial charge in [0.25, 0.3) is 5.91 Å². The minimum Gasteiger partial charge on any atom is -0.475 e. The van der Waals surface area contributed by atoms with E-state index in [1.165, 1.54) is 46.7 Å². The number of carbonyl (C=O) groups excluding carboxylic acids is 1. The first-order valence-electron chi connectivity index (χ1n) is 13.5. The highest BCUT2D eigenvalue weighted by atomic mass is 35.5. The Labute approximate surface area is 246 Å². The van der Waals surface area contributed by atoms with E-state index >= 15 is 0 Å². The number of aliphatic hydroxyl groups excluding tert-OH is 1. The number of β-amino-alcohol motifs (C(OH)–C–C–N with tert-alkyl or cyclic N) is 1. The zero-order chi connectivity index (χ0) is 29.3. The molecule has 0 aliphatic carbocycles. The van der Waals surface area contributed by atoms with Crippen LogP contribution in [-0.4, -0.2) is 91.0 Å². The van der Waals surface area contributed by atoms with Gasteiger partial charge in [0.2, 0.25) is 5.82 Å². The summed E-state index contributed by atoms with van der Waals surface area (Å²) in [7, 11) is 0. The Bertz CT molecular complexity index is 1530. The smallest absolute Gasteiger partial charge is 0.372 e. The van der Waals surface area contributed by atoms with Crippen LogP contribution in [0.4, 0.5) is 0 Å². The summed E-state index contributed by atoms with van der Waals surface area (Å²) in [4.78, 5) is 33.7. The zero-order valence-corrected chi connectivity index (χ0v) is 24.4. The minimum atomic E-state index is -1.22. The summed E-state index contributed by atoms with van der Waals surface area (Å²) in [6, 6.07) is 11.4. The molecule has 2 saturated heterocycles. The van der Waals surface area contributed by atoms with E-state index < -0.39 is 12.1 Å². The monoisotopic (exact) mass is 600 g/mol. The molecule has 3 aromatic heterocycles. The third-order valence-electron chi connectivity index (χ3n) is 7.35. The molecule has 0 bridgehead atoms. The van der Waals surface area contributed by atoms with Crippen LogP contribution in [0, 0.1) is 0 Å². The molecule has 1 amide bonds. The average molecular weight is 601 g/mol. The zero-order valence-electron chi connectivity index (χ0n) is 22.9. The largest absolute Gasteiger partial charge is 0.475 e. The van der Waals surface area contributed by atoms with Crippen LogP contribution in [0.25, 0.3) is 21.7 Å². The van der Waals surface area contributed by atoms with Crippen molar-refractivity contribution in [2.75, 3.05) is 26.2 Å². The second-order valence-electron chi connectivity index (χ2n) is 10.6. The molecule has 4 aromatic rings. The van der Waals surface area contributed by atoms with Crippen molar-refractivity contribution >= 4 is 45.8 Å². The number of hydrogen-bond acceptors (Lipinski definition) is 9. The lowest BCUT2D eigenvalue weighted by Gasteiger charge is -2.35. The van der Waals surface area contributed by atoms with Crippen LogP contribution >= 0.6 is 22.9 Å². The summed E-state index contributed by atoms with van der Waals surface area (Å²) in [5.41, 5.74) is 7.35. The molecule has 2 aliphatic rings. The number of halogens is 1. The molecule has 4 N–H and O–H groups in total. The number of aromatic nitrogens is 3. The highest BCUT2D eigenvalue weighted by Crippen LogP contribution is 2.32. The standard InChI is InChI=1S/C20H15ClN4O5S.C8H18N2/c21-16-5-4-15(31-16)14-6-10(23-30-14)7-25-13-3-1-2-12(17(13)22-18(25)20(28)29)19(27)24-8-11(26)9-24;1-7(2)10-5-3-8(9)4-6-10/h1-6,11,26H,7-9H2,(H,28,29);7-8H,3-6,9H2,1-2H3. The number of rotatable bonds is 6. The van der Waals surface area contributed by atoms with E-state index in [1.54, 1.807) is 30.3 Å². The molecule has 11 nitrogen and oxygen atoms in total. The molecule has 41 heavy (non-hydrogen) atoms. The van der Waals surface area contributed by atoms with E-state index in [2.05, 4.69) is 28.9 Å². The van der Waals surface area contributed by atoms with Crippen LogP contribution in [0.1, 0.15) is 53.4 Å². The van der Waals surface area contributed by atoms with Crippen LogP contribution in [0.2, 0.25) is 4.34 Å². The Hall–Kier alpha value is -3.29. The molecule has 13 heteroatoms. The van der Waals surface area contributed by atoms with Crippen LogP contribution in [0.15, 0.2) is 40.9 Å². The van der Waals surface area contributed by atoms with Crippen molar-refractivity contribution in [1.29, 1.82) is 0 Å². The summed E-state index contributed by atoms with van der Waals surface area (Å²) >= 11 is 7.32. The maximum Gasteiger partial charge on any atom is 0.372 e. The summed E-state index contributed by atoms with van der Waals surface area (Å²) in [5.74, 6) is -1.19. The summed E-state index contributed by atoms with van der Waals surface area (Å²) < 4.78 is 7.49. The van der Waals surface area contributed by atoms with Gasteiger partial charge in [0, 0.05) is 31.2 Å². The number of thiophene rings is 1. The van der Waals surface area contributed by atoms with Crippen molar-refractivity contribution in [3.05, 3.63) is 57.8 Å². The van der Waals surface area contributed by atoms with Crippen molar-refractivity contribution in [1.82, 2.24) is 24.5 Å².